The molecule has 2 aliphatic carbocycles. The molecule has 2 saturated carbocycles. The number of rotatable bonds is 10. The van der Waals surface area contributed by atoms with E-state index in [1.165, 1.54) is 0 Å². The van der Waals surface area contributed by atoms with Crippen molar-refractivity contribution in [2.24, 2.45) is 33.5 Å². The first-order valence-corrected chi connectivity index (χ1v) is 16.2. The predicted octanol–water partition coefficient (Wildman–Crippen LogP) is 9.29. The van der Waals surface area contributed by atoms with Gasteiger partial charge in [-0.25, -0.2) is 14.4 Å². The zero-order valence-corrected chi connectivity index (χ0v) is 28.9. The molecule has 7 heteroatoms. The minimum absolute atomic E-state index is 0.00644. The second-order valence-electron chi connectivity index (χ2n) is 15.1. The molecule has 0 aliphatic heterocycles. The van der Waals surface area contributed by atoms with Crippen molar-refractivity contribution < 1.29 is 28.6 Å². The van der Waals surface area contributed by atoms with E-state index in [4.69, 9.17) is 25.8 Å². The molecule has 0 heterocycles. The van der Waals surface area contributed by atoms with E-state index < -0.39 is 24.0 Å². The van der Waals surface area contributed by atoms with Gasteiger partial charge in [-0.3, -0.25) is 0 Å². The van der Waals surface area contributed by atoms with Crippen LogP contribution in [0.2, 0.25) is 5.02 Å². The SMILES string of the molecule is CCCCC(OC(=O)/C=C/C(=O)O[C@@H]1C[C@H](C)C(C)(C)C1(C)C)c1ccc(Cl)cc1C(=O)O[C@@H]1C[C@H](C)C(C)(C)C1(C)C. The Morgan fingerprint density at radius 1 is 0.837 bits per heavy atom. The van der Waals surface area contributed by atoms with Gasteiger partial charge in [0.1, 0.15) is 18.3 Å². The molecule has 43 heavy (non-hydrogen) atoms. The Kier molecular flexibility index (Phi) is 10.6. The fourth-order valence-corrected chi connectivity index (χ4v) is 6.82. The smallest absolute Gasteiger partial charge is 0.338 e. The molecule has 2 aliphatic rings. The van der Waals surface area contributed by atoms with E-state index in [-0.39, 0.29) is 39.4 Å². The summed E-state index contributed by atoms with van der Waals surface area (Å²) in [4.78, 5) is 39.3. The summed E-state index contributed by atoms with van der Waals surface area (Å²) in [5.74, 6) is -0.959. The molecule has 6 nitrogen and oxygen atoms in total. The summed E-state index contributed by atoms with van der Waals surface area (Å²) >= 11 is 6.34. The minimum atomic E-state index is -0.713. The summed E-state index contributed by atoms with van der Waals surface area (Å²) in [5, 5.41) is 0.394. The second kappa shape index (κ2) is 12.9. The maximum atomic E-state index is 13.6. The van der Waals surface area contributed by atoms with Crippen LogP contribution in [0.15, 0.2) is 30.4 Å². The first kappa shape index (κ1) is 35.1. The third kappa shape index (κ3) is 7.00. The van der Waals surface area contributed by atoms with Gasteiger partial charge < -0.3 is 14.2 Å². The van der Waals surface area contributed by atoms with Crippen molar-refractivity contribution in [2.45, 2.75) is 127 Å². The highest BCUT2D eigenvalue weighted by Crippen LogP contribution is 2.57. The van der Waals surface area contributed by atoms with E-state index in [9.17, 15) is 14.4 Å². The van der Waals surface area contributed by atoms with Gasteiger partial charge >= 0.3 is 17.9 Å². The van der Waals surface area contributed by atoms with Crippen molar-refractivity contribution in [3.8, 4) is 0 Å². The Labute approximate surface area is 264 Å². The second-order valence-corrected chi connectivity index (χ2v) is 15.5. The number of hydrogen-bond acceptors (Lipinski definition) is 6. The Hall–Kier alpha value is -2.34. The molecule has 0 aromatic heterocycles. The number of ether oxygens (including phenoxy) is 3. The number of carbonyl (C=O) groups is 3. The van der Waals surface area contributed by atoms with Crippen LogP contribution < -0.4 is 0 Å². The number of halogens is 1. The fourth-order valence-electron chi connectivity index (χ4n) is 6.65. The zero-order valence-electron chi connectivity index (χ0n) is 28.1. The van der Waals surface area contributed by atoms with Crippen molar-refractivity contribution in [1.82, 2.24) is 0 Å². The highest BCUT2D eigenvalue weighted by Gasteiger charge is 2.55. The third-order valence-corrected chi connectivity index (χ3v) is 12.3. The largest absolute Gasteiger partial charge is 0.459 e. The maximum absolute atomic E-state index is 13.6. The first-order chi connectivity index (χ1) is 19.8. The number of esters is 3. The van der Waals surface area contributed by atoms with Crippen molar-refractivity contribution in [3.05, 3.63) is 46.5 Å². The summed E-state index contributed by atoms with van der Waals surface area (Å²) in [6, 6.07) is 4.99. The molecule has 0 radical (unpaired) electrons. The van der Waals surface area contributed by atoms with E-state index in [1.54, 1.807) is 18.2 Å². The molecule has 5 atom stereocenters. The lowest BCUT2D eigenvalue weighted by Crippen LogP contribution is -2.38. The van der Waals surface area contributed by atoms with E-state index in [2.05, 4.69) is 69.2 Å². The Morgan fingerprint density at radius 3 is 1.84 bits per heavy atom. The third-order valence-electron chi connectivity index (χ3n) is 12.1. The van der Waals surface area contributed by atoms with Crippen molar-refractivity contribution in [3.63, 3.8) is 0 Å². The number of hydrogen-bond donors (Lipinski definition) is 0. The summed E-state index contributed by atoms with van der Waals surface area (Å²) in [7, 11) is 0. The van der Waals surface area contributed by atoms with E-state index >= 15 is 0 Å². The molecule has 0 N–H and O–H groups in total. The Bertz CT molecular complexity index is 1230. The molecule has 1 unspecified atom stereocenters. The van der Waals surface area contributed by atoms with Crippen LogP contribution in [0.1, 0.15) is 130 Å². The van der Waals surface area contributed by atoms with Crippen LogP contribution in [0, 0.1) is 33.5 Å². The average Bonchev–Trinajstić information content (AvgIpc) is 3.16. The highest BCUT2D eigenvalue weighted by molar-refractivity contribution is 6.31. The van der Waals surface area contributed by atoms with Gasteiger partial charge in [0.05, 0.1) is 5.56 Å². The van der Waals surface area contributed by atoms with E-state index in [0.717, 1.165) is 37.8 Å². The van der Waals surface area contributed by atoms with E-state index in [0.29, 0.717) is 28.8 Å². The highest BCUT2D eigenvalue weighted by atomic mass is 35.5. The lowest BCUT2D eigenvalue weighted by molar-refractivity contribution is -0.150. The zero-order chi connectivity index (χ0) is 32.5. The van der Waals surface area contributed by atoms with Gasteiger partial charge in [-0.1, -0.05) is 100 Å². The molecule has 3 rings (SSSR count). The molecule has 0 spiro atoms. The maximum Gasteiger partial charge on any atom is 0.338 e. The molecule has 240 valence electrons. The van der Waals surface area contributed by atoms with Gasteiger partial charge in [0, 0.05) is 33.6 Å². The van der Waals surface area contributed by atoms with Gasteiger partial charge in [-0.2, -0.15) is 0 Å². The van der Waals surface area contributed by atoms with Gasteiger partial charge in [0.2, 0.25) is 0 Å². The summed E-state index contributed by atoms with van der Waals surface area (Å²) < 4.78 is 17.8. The Balaban J connectivity index is 1.77. The lowest BCUT2D eigenvalue weighted by Gasteiger charge is -2.40. The number of carbonyl (C=O) groups excluding carboxylic acids is 3. The standard InChI is InChI=1S/C36H53ClO6/c1-12-13-14-27(41-30(38)17-18-31(39)42-28-19-22(2)33(4,5)35(28,8)9)25-16-15-24(37)21-26(25)32(40)43-29-20-23(3)34(6,7)36(29,10)11/h15-18,21-23,27-29H,12-14,19-20H2,1-11H3/b18-17+/t22-,23-,27?,28+,29+/m0/s1. The minimum Gasteiger partial charge on any atom is -0.459 e. The van der Waals surface area contributed by atoms with Gasteiger partial charge in [0.25, 0.3) is 0 Å². The van der Waals surface area contributed by atoms with Crippen molar-refractivity contribution in [1.29, 1.82) is 0 Å². The molecule has 0 saturated heterocycles. The predicted molar refractivity (Wildman–Crippen MR) is 171 cm³/mol. The fraction of sp³-hybridized carbons (Fsp3) is 0.694. The monoisotopic (exact) mass is 616 g/mol. The quantitative estimate of drug-likeness (QED) is 0.148. The van der Waals surface area contributed by atoms with Crippen LogP contribution in [0.3, 0.4) is 0 Å². The van der Waals surface area contributed by atoms with Gasteiger partial charge in [-0.15, -0.1) is 0 Å². The molecular weight excluding hydrogens is 564 g/mol. The lowest BCUT2D eigenvalue weighted by atomic mass is 9.67. The van der Waals surface area contributed by atoms with Crippen molar-refractivity contribution >= 4 is 29.5 Å². The molecule has 1 aromatic rings. The van der Waals surface area contributed by atoms with Crippen LogP contribution in [-0.4, -0.2) is 30.1 Å². The van der Waals surface area contributed by atoms with Gasteiger partial charge in [0.15, 0.2) is 0 Å². The average molecular weight is 617 g/mol. The van der Waals surface area contributed by atoms with Crippen molar-refractivity contribution in [2.75, 3.05) is 0 Å². The first-order valence-electron chi connectivity index (χ1n) is 15.9. The molecule has 1 aromatic carbocycles. The van der Waals surface area contributed by atoms with E-state index in [1.807, 2.05) is 6.92 Å². The summed E-state index contributed by atoms with van der Waals surface area (Å²) in [6.07, 6.45) is 4.71. The summed E-state index contributed by atoms with van der Waals surface area (Å²) in [5.41, 5.74) is 0.395. The molecule has 0 bridgehead atoms. The van der Waals surface area contributed by atoms with Crippen LogP contribution in [0.4, 0.5) is 0 Å². The van der Waals surface area contributed by atoms with Crippen LogP contribution >= 0.6 is 11.6 Å². The molecule has 0 amide bonds. The van der Waals surface area contributed by atoms with Crippen LogP contribution in [-0.2, 0) is 23.8 Å². The van der Waals surface area contributed by atoms with Gasteiger partial charge in [-0.05, 0) is 60.5 Å². The summed E-state index contributed by atoms with van der Waals surface area (Å²) in [6.45, 7) is 23.8. The molecular formula is C36H53ClO6. The van der Waals surface area contributed by atoms with Crippen LogP contribution in [0.5, 0.6) is 0 Å². The Morgan fingerprint density at radius 2 is 1.35 bits per heavy atom. The number of benzene rings is 1. The topological polar surface area (TPSA) is 78.9 Å². The number of unbranched alkanes of at least 4 members (excludes halogenated alkanes) is 1. The van der Waals surface area contributed by atoms with Crippen LogP contribution in [0.25, 0.3) is 0 Å². The normalized spacial score (nSPS) is 27.5. The molecule has 2 fully saturated rings.